The van der Waals surface area contributed by atoms with E-state index in [1.807, 2.05) is 0 Å². The summed E-state index contributed by atoms with van der Waals surface area (Å²) >= 11 is 0. The third-order valence-electron chi connectivity index (χ3n) is 0.368. The number of rotatable bonds is 2. The maximum absolute atomic E-state index is 9.55. The van der Waals surface area contributed by atoms with Gasteiger partial charge >= 0.3 is 11.9 Å². The first-order valence-corrected chi connectivity index (χ1v) is 1.77. The molecule has 0 atom stereocenters. The van der Waals surface area contributed by atoms with Gasteiger partial charge in [-0.3, -0.25) is 0 Å². The van der Waals surface area contributed by atoms with Gasteiger partial charge in [0.05, 0.1) is 0 Å². The summed E-state index contributed by atoms with van der Waals surface area (Å²) in [7, 11) is 0. The van der Waals surface area contributed by atoms with Gasteiger partial charge in [-0.2, -0.15) is 0 Å². The SMILES string of the molecule is O=C(O)/C=C/C(=O)O.[2H]. The Balaban J connectivity index is 0. The summed E-state index contributed by atoms with van der Waals surface area (Å²) < 4.78 is 0. The average molecular weight is 118 g/mol. The van der Waals surface area contributed by atoms with Crippen molar-refractivity contribution in [1.29, 1.82) is 0 Å². The molecule has 0 aliphatic heterocycles. The highest BCUT2D eigenvalue weighted by Gasteiger charge is 1.88. The Morgan fingerprint density at radius 2 is 1.38 bits per heavy atom. The van der Waals surface area contributed by atoms with E-state index < -0.39 is 11.9 Å². The molecule has 4 heteroatoms. The van der Waals surface area contributed by atoms with Crippen LogP contribution in [-0.4, -0.2) is 22.2 Å². The zero-order valence-corrected chi connectivity index (χ0v) is 3.87. The Morgan fingerprint density at radius 1 is 1.12 bits per heavy atom. The largest absolute Gasteiger partial charge is 0.478 e. The molecule has 45 valence electrons. The van der Waals surface area contributed by atoms with Crippen LogP contribution in [0, 0.1) is 0 Å². The van der Waals surface area contributed by atoms with Crippen molar-refractivity contribution >= 4 is 11.9 Å². The van der Waals surface area contributed by atoms with Crippen LogP contribution in [0.4, 0.5) is 0 Å². The second-order valence-electron chi connectivity index (χ2n) is 1.01. The maximum atomic E-state index is 9.55. The van der Waals surface area contributed by atoms with Crippen molar-refractivity contribution in [2.45, 2.75) is 0 Å². The summed E-state index contributed by atoms with van der Waals surface area (Å²) in [6, 6.07) is 0. The van der Waals surface area contributed by atoms with Crippen LogP contribution in [0.15, 0.2) is 12.2 Å². The van der Waals surface area contributed by atoms with Gasteiger partial charge in [0.15, 0.2) is 0 Å². The third kappa shape index (κ3) is 4.68. The van der Waals surface area contributed by atoms with Gasteiger partial charge in [-0.1, -0.05) is 0 Å². The van der Waals surface area contributed by atoms with Gasteiger partial charge in [-0.05, 0) is 0 Å². The molecule has 4 nitrogen and oxygen atoms in total. The number of aliphatic carboxylic acids is 2. The summed E-state index contributed by atoms with van der Waals surface area (Å²) in [5.41, 5.74) is 0. The molecule has 0 aromatic carbocycles. The molecule has 0 fully saturated rings. The Bertz CT molecular complexity index is 124. The van der Waals surface area contributed by atoms with Crippen molar-refractivity contribution in [3.63, 3.8) is 0 Å². The first-order chi connectivity index (χ1) is 3.63. The van der Waals surface area contributed by atoms with E-state index in [1.165, 1.54) is 0 Å². The van der Waals surface area contributed by atoms with Gasteiger partial charge in [0, 0.05) is 13.6 Å². The predicted octanol–water partition coefficient (Wildman–Crippen LogP) is -0.176. The molecule has 0 amide bonds. The van der Waals surface area contributed by atoms with Crippen molar-refractivity contribution in [3.05, 3.63) is 12.2 Å². The second kappa shape index (κ2) is 2.79. The minimum absolute atomic E-state index is 0. The quantitative estimate of drug-likeness (QED) is 0.493. The number of carboxylic acids is 2. The zero-order chi connectivity index (χ0) is 6.57. The van der Waals surface area contributed by atoms with E-state index in [0.29, 0.717) is 12.2 Å². The fraction of sp³-hybridized carbons (Fsp3) is 0. The van der Waals surface area contributed by atoms with E-state index in [0.717, 1.165) is 0 Å². The molecule has 0 unspecified atom stereocenters. The van der Waals surface area contributed by atoms with Crippen LogP contribution in [0.5, 0.6) is 0 Å². The van der Waals surface area contributed by atoms with Crippen LogP contribution in [0.3, 0.4) is 0 Å². The highest BCUT2D eigenvalue weighted by molar-refractivity contribution is 5.89. The van der Waals surface area contributed by atoms with E-state index in [-0.39, 0.29) is 1.43 Å². The summed E-state index contributed by atoms with van der Waals surface area (Å²) in [5, 5.41) is 15.6. The van der Waals surface area contributed by atoms with Gasteiger partial charge < -0.3 is 10.2 Å². The van der Waals surface area contributed by atoms with Crippen molar-refractivity contribution < 1.29 is 21.2 Å². The number of carbonyl (C=O) groups is 2. The number of hydrogen-bond acceptors (Lipinski definition) is 2. The zero-order valence-electron chi connectivity index (χ0n) is 4.87. The van der Waals surface area contributed by atoms with Crippen molar-refractivity contribution in [1.82, 2.24) is 0 Å². The molecule has 0 aliphatic rings. The monoisotopic (exact) mass is 118 g/mol. The highest BCUT2D eigenvalue weighted by atomic mass is 16.4. The average Bonchev–Trinajstić information content (AvgIpc) is 1.61. The van der Waals surface area contributed by atoms with E-state index in [2.05, 4.69) is 0 Å². The third-order valence-corrected chi connectivity index (χ3v) is 0.368. The van der Waals surface area contributed by atoms with Gasteiger partial charge in [0.2, 0.25) is 0 Å². The summed E-state index contributed by atoms with van der Waals surface area (Å²) in [5.74, 6) is -2.51. The standard InChI is InChI=1S/C4H4O4.H/c5-3(6)1-2-4(7)8;/h1-2H,(H,5,6)(H,7,8);/b2-1+;/i;1+1. The lowest BCUT2D eigenvalue weighted by molar-refractivity contribution is -0.134. The van der Waals surface area contributed by atoms with Crippen LogP contribution >= 0.6 is 0 Å². The second-order valence-corrected chi connectivity index (χ2v) is 1.01. The summed E-state index contributed by atoms with van der Waals surface area (Å²) in [6.07, 6.45) is 1.12. The Kier molecular flexibility index (Phi) is 2.33. The predicted molar refractivity (Wildman–Crippen MR) is 25.5 cm³/mol. The lowest BCUT2D eigenvalue weighted by Gasteiger charge is -1.74. The fourth-order valence-corrected chi connectivity index (χ4v) is 0.143. The normalized spacial score (nSPS) is 9.50. The Labute approximate surface area is 46.5 Å². The molecule has 0 rings (SSSR count). The molecule has 8 heavy (non-hydrogen) atoms. The molecule has 0 bridgehead atoms. The lowest BCUT2D eigenvalue weighted by atomic mass is 10.5. The number of carboxylic acid groups (broad SMARTS) is 2. The van der Waals surface area contributed by atoms with Crippen LogP contribution in [0.2, 0.25) is 0 Å². The summed E-state index contributed by atoms with van der Waals surface area (Å²) in [4.78, 5) is 19.1. The van der Waals surface area contributed by atoms with E-state index >= 15 is 0 Å². The Hall–Kier alpha value is -1.32. The minimum Gasteiger partial charge on any atom is -0.478 e. The van der Waals surface area contributed by atoms with Crippen LogP contribution < -0.4 is 0 Å². The molecular weight excluding hydrogens is 112 g/mol. The van der Waals surface area contributed by atoms with Crippen LogP contribution in [-0.2, 0) is 9.59 Å². The van der Waals surface area contributed by atoms with Crippen molar-refractivity contribution in [3.8, 4) is 0 Å². The molecular formula is C4H5O4. The topological polar surface area (TPSA) is 74.6 Å². The smallest absolute Gasteiger partial charge is 0.328 e. The van der Waals surface area contributed by atoms with Gasteiger partial charge in [0.25, 0.3) is 0 Å². The van der Waals surface area contributed by atoms with Crippen molar-refractivity contribution in [2.75, 3.05) is 0 Å². The van der Waals surface area contributed by atoms with E-state index in [1.54, 1.807) is 0 Å². The molecule has 0 saturated heterocycles. The van der Waals surface area contributed by atoms with Crippen molar-refractivity contribution in [2.24, 2.45) is 0 Å². The maximum Gasteiger partial charge on any atom is 0.328 e. The Morgan fingerprint density at radius 3 is 1.50 bits per heavy atom. The van der Waals surface area contributed by atoms with Gasteiger partial charge in [-0.25, -0.2) is 9.59 Å². The molecule has 2 N–H and O–H groups in total. The fourth-order valence-electron chi connectivity index (χ4n) is 0.143. The first kappa shape index (κ1) is 6.68. The van der Waals surface area contributed by atoms with E-state index in [9.17, 15) is 9.59 Å². The van der Waals surface area contributed by atoms with Gasteiger partial charge in [0.1, 0.15) is 0 Å². The van der Waals surface area contributed by atoms with Crippen LogP contribution in [0.25, 0.3) is 0 Å². The molecule has 0 aliphatic carbocycles. The minimum atomic E-state index is -1.26. The molecule has 0 saturated carbocycles. The molecule has 0 aromatic rings. The summed E-state index contributed by atoms with van der Waals surface area (Å²) in [6.45, 7) is 0. The number of hydrogen-bond donors (Lipinski definition) is 2. The van der Waals surface area contributed by atoms with Crippen LogP contribution in [0.1, 0.15) is 1.43 Å². The molecule has 0 heterocycles. The lowest BCUT2D eigenvalue weighted by Crippen LogP contribution is -1.91. The van der Waals surface area contributed by atoms with Gasteiger partial charge in [-0.15, -0.1) is 0 Å². The highest BCUT2D eigenvalue weighted by Crippen LogP contribution is 1.70. The molecule has 0 aromatic heterocycles. The molecule has 1 radical (unpaired) electrons. The molecule has 0 spiro atoms. The first-order valence-electron chi connectivity index (χ1n) is 1.77. The van der Waals surface area contributed by atoms with E-state index in [4.69, 9.17) is 10.2 Å².